The molecule has 8 nitrogen and oxygen atoms in total. The van der Waals surface area contributed by atoms with Gasteiger partial charge in [0.2, 0.25) is 0 Å². The molecule has 1 aliphatic heterocycles. The highest BCUT2D eigenvalue weighted by molar-refractivity contribution is 6.52. The number of hydrogen-bond donors (Lipinski definition) is 2. The van der Waals surface area contributed by atoms with Gasteiger partial charge in [-0.15, -0.1) is 0 Å². The van der Waals surface area contributed by atoms with Crippen LogP contribution in [-0.4, -0.2) is 42.7 Å². The highest BCUT2D eigenvalue weighted by Gasteiger charge is 2.47. The van der Waals surface area contributed by atoms with Crippen molar-refractivity contribution in [3.8, 4) is 23.0 Å². The highest BCUT2D eigenvalue weighted by atomic mass is 35.5. The molecule has 10 heteroatoms. The van der Waals surface area contributed by atoms with E-state index in [2.05, 4.69) is 0 Å². The summed E-state index contributed by atoms with van der Waals surface area (Å²) in [6, 6.07) is 11.3. The first-order valence-electron chi connectivity index (χ1n) is 11.2. The van der Waals surface area contributed by atoms with E-state index in [1.165, 1.54) is 56.7 Å². The van der Waals surface area contributed by atoms with Gasteiger partial charge in [-0.05, 0) is 55.0 Å². The van der Waals surface area contributed by atoms with E-state index in [1.807, 2.05) is 0 Å². The third-order valence-corrected chi connectivity index (χ3v) is 6.18. The van der Waals surface area contributed by atoms with Gasteiger partial charge in [0.25, 0.3) is 11.7 Å². The van der Waals surface area contributed by atoms with Crippen molar-refractivity contribution in [3.05, 3.63) is 82.1 Å². The van der Waals surface area contributed by atoms with Crippen molar-refractivity contribution in [1.82, 2.24) is 0 Å². The van der Waals surface area contributed by atoms with E-state index in [4.69, 9.17) is 25.8 Å². The third-order valence-electron chi connectivity index (χ3n) is 5.89. The van der Waals surface area contributed by atoms with E-state index in [1.54, 1.807) is 13.0 Å². The zero-order valence-electron chi connectivity index (χ0n) is 20.1. The van der Waals surface area contributed by atoms with Crippen molar-refractivity contribution < 1.29 is 38.4 Å². The monoisotopic (exact) mass is 527 g/mol. The van der Waals surface area contributed by atoms with E-state index in [0.717, 1.165) is 11.0 Å². The van der Waals surface area contributed by atoms with Crippen LogP contribution in [0.5, 0.6) is 23.0 Å². The minimum absolute atomic E-state index is 0.116. The SMILES string of the molecule is CCOc1cc(C2/C(=C(\O)c3ccc(OC)cc3OC)C(=O)C(=O)N2c2ccc(F)c(Cl)c2)ccc1O. The molecule has 1 amide bonds. The Labute approximate surface area is 217 Å². The van der Waals surface area contributed by atoms with E-state index in [-0.39, 0.29) is 45.7 Å². The number of benzene rings is 3. The van der Waals surface area contributed by atoms with Gasteiger partial charge in [-0.3, -0.25) is 14.5 Å². The van der Waals surface area contributed by atoms with Gasteiger partial charge in [0.1, 0.15) is 23.1 Å². The number of carbonyl (C=O) groups excluding carboxylic acids is 2. The molecule has 1 saturated heterocycles. The molecule has 0 saturated carbocycles. The number of carbonyl (C=O) groups is 2. The molecule has 3 aromatic rings. The van der Waals surface area contributed by atoms with Crippen molar-refractivity contribution in [2.24, 2.45) is 0 Å². The lowest BCUT2D eigenvalue weighted by Gasteiger charge is -2.26. The Kier molecular flexibility index (Phi) is 7.26. The number of rotatable bonds is 7. The zero-order valence-corrected chi connectivity index (χ0v) is 20.9. The number of hydrogen-bond acceptors (Lipinski definition) is 7. The van der Waals surface area contributed by atoms with Crippen LogP contribution >= 0.6 is 11.6 Å². The van der Waals surface area contributed by atoms with Gasteiger partial charge in [0.15, 0.2) is 11.5 Å². The van der Waals surface area contributed by atoms with Crippen LogP contribution in [0.1, 0.15) is 24.1 Å². The second kappa shape index (κ2) is 10.4. The number of nitrogens with zero attached hydrogens (tertiary/aromatic N) is 1. The number of aliphatic hydroxyl groups is 1. The molecule has 0 bridgehead atoms. The first-order chi connectivity index (χ1) is 17.7. The summed E-state index contributed by atoms with van der Waals surface area (Å²) in [5.41, 5.74) is 0.370. The molecule has 4 rings (SSSR count). The summed E-state index contributed by atoms with van der Waals surface area (Å²) in [5.74, 6) is -2.53. The van der Waals surface area contributed by atoms with Gasteiger partial charge in [0.05, 0.1) is 43.0 Å². The molecule has 1 atom stereocenters. The summed E-state index contributed by atoms with van der Waals surface area (Å²) in [6.45, 7) is 1.97. The molecule has 1 unspecified atom stereocenters. The second-order valence-electron chi connectivity index (χ2n) is 7.99. The van der Waals surface area contributed by atoms with Crippen LogP contribution < -0.4 is 19.1 Å². The Hall–Kier alpha value is -4.24. The van der Waals surface area contributed by atoms with E-state index < -0.39 is 29.3 Å². The van der Waals surface area contributed by atoms with Crippen LogP contribution in [0.3, 0.4) is 0 Å². The summed E-state index contributed by atoms with van der Waals surface area (Å²) in [5, 5.41) is 21.4. The predicted molar refractivity (Wildman–Crippen MR) is 135 cm³/mol. The number of ketones is 1. The van der Waals surface area contributed by atoms with Crippen molar-refractivity contribution in [2.75, 3.05) is 25.7 Å². The van der Waals surface area contributed by atoms with Crippen LogP contribution in [0, 0.1) is 5.82 Å². The normalized spacial score (nSPS) is 16.7. The van der Waals surface area contributed by atoms with Gasteiger partial charge < -0.3 is 24.4 Å². The molecule has 0 spiro atoms. The number of anilines is 1. The number of aliphatic hydroxyl groups excluding tert-OH is 1. The standard InChI is InChI=1S/C27H23ClFNO7/c1-4-37-22-11-14(5-10-20(22)31)24-23(25(32)17-8-7-16(35-2)13-21(17)36-3)26(33)27(34)30(24)15-6-9-19(29)18(28)12-15/h5-13,24,31-32H,4H2,1-3H3/b25-23+. The van der Waals surface area contributed by atoms with Crippen molar-refractivity contribution in [2.45, 2.75) is 13.0 Å². The van der Waals surface area contributed by atoms with Gasteiger partial charge >= 0.3 is 0 Å². The first-order valence-corrected chi connectivity index (χ1v) is 11.5. The summed E-state index contributed by atoms with van der Waals surface area (Å²) in [6.07, 6.45) is 0. The lowest BCUT2D eigenvalue weighted by atomic mass is 9.94. The summed E-state index contributed by atoms with van der Waals surface area (Å²) in [4.78, 5) is 27.8. The number of Topliss-reactive ketones (excluding diaryl/α,β-unsaturated/α-hetero) is 1. The Morgan fingerprint density at radius 2 is 1.78 bits per heavy atom. The fraction of sp³-hybridized carbons (Fsp3) is 0.185. The predicted octanol–water partition coefficient (Wildman–Crippen LogP) is 5.23. The van der Waals surface area contributed by atoms with Crippen molar-refractivity contribution in [1.29, 1.82) is 0 Å². The highest BCUT2D eigenvalue weighted by Crippen LogP contribution is 2.45. The van der Waals surface area contributed by atoms with E-state index in [0.29, 0.717) is 11.3 Å². The van der Waals surface area contributed by atoms with E-state index in [9.17, 15) is 24.2 Å². The molecule has 192 valence electrons. The Balaban J connectivity index is 1.99. The summed E-state index contributed by atoms with van der Waals surface area (Å²) >= 11 is 5.98. The molecule has 1 aliphatic rings. The van der Waals surface area contributed by atoms with Gasteiger partial charge in [0, 0.05) is 11.8 Å². The van der Waals surface area contributed by atoms with Crippen LogP contribution in [0.25, 0.3) is 5.76 Å². The average Bonchev–Trinajstić information content (AvgIpc) is 3.16. The maximum Gasteiger partial charge on any atom is 0.300 e. The average molecular weight is 528 g/mol. The zero-order chi connectivity index (χ0) is 26.9. The second-order valence-corrected chi connectivity index (χ2v) is 8.40. The fourth-order valence-electron chi connectivity index (χ4n) is 4.16. The molecule has 0 aromatic heterocycles. The maximum atomic E-state index is 13.9. The molecule has 1 fully saturated rings. The third kappa shape index (κ3) is 4.65. The smallest absolute Gasteiger partial charge is 0.300 e. The number of methoxy groups -OCH3 is 2. The quantitative estimate of drug-likeness (QED) is 0.246. The van der Waals surface area contributed by atoms with Crippen molar-refractivity contribution in [3.63, 3.8) is 0 Å². The number of aromatic hydroxyl groups is 1. The lowest BCUT2D eigenvalue weighted by Crippen LogP contribution is -2.29. The molecule has 2 N–H and O–H groups in total. The first kappa shape index (κ1) is 25.8. The number of ether oxygens (including phenoxy) is 3. The molecule has 0 radical (unpaired) electrons. The minimum Gasteiger partial charge on any atom is -0.507 e. The van der Waals surface area contributed by atoms with Gasteiger partial charge in [-0.1, -0.05) is 17.7 Å². The number of halogens is 2. The van der Waals surface area contributed by atoms with Crippen molar-refractivity contribution >= 4 is 34.7 Å². The van der Waals surface area contributed by atoms with Gasteiger partial charge in [-0.25, -0.2) is 4.39 Å². The topological polar surface area (TPSA) is 106 Å². The summed E-state index contributed by atoms with van der Waals surface area (Å²) in [7, 11) is 2.85. The lowest BCUT2D eigenvalue weighted by molar-refractivity contribution is -0.132. The molecular weight excluding hydrogens is 505 g/mol. The Morgan fingerprint density at radius 3 is 2.43 bits per heavy atom. The Morgan fingerprint density at radius 1 is 1.03 bits per heavy atom. The summed E-state index contributed by atoms with van der Waals surface area (Å²) < 4.78 is 30.0. The molecule has 0 aliphatic carbocycles. The number of amides is 1. The molecular formula is C27H23ClFNO7. The maximum absolute atomic E-state index is 13.9. The largest absolute Gasteiger partial charge is 0.507 e. The molecule has 1 heterocycles. The van der Waals surface area contributed by atoms with Crippen LogP contribution in [0.4, 0.5) is 10.1 Å². The minimum atomic E-state index is -1.17. The fourth-order valence-corrected chi connectivity index (χ4v) is 4.34. The Bertz CT molecular complexity index is 1420. The molecule has 3 aromatic carbocycles. The number of phenolic OH excluding ortho intramolecular Hbond substituents is 1. The van der Waals surface area contributed by atoms with Crippen LogP contribution in [-0.2, 0) is 9.59 Å². The molecule has 37 heavy (non-hydrogen) atoms. The van der Waals surface area contributed by atoms with Crippen LogP contribution in [0.15, 0.2) is 60.2 Å². The number of phenols is 1. The van der Waals surface area contributed by atoms with E-state index >= 15 is 0 Å². The van der Waals surface area contributed by atoms with Gasteiger partial charge in [-0.2, -0.15) is 0 Å². The van der Waals surface area contributed by atoms with Crippen LogP contribution in [0.2, 0.25) is 5.02 Å².